The zero-order valence-corrected chi connectivity index (χ0v) is 25.8. The van der Waals surface area contributed by atoms with Crippen molar-refractivity contribution < 1.29 is 28.7 Å². The molecule has 2 heterocycles. The number of aromatic nitrogens is 1. The van der Waals surface area contributed by atoms with E-state index in [0.717, 1.165) is 15.8 Å². The summed E-state index contributed by atoms with van der Waals surface area (Å²) in [7, 11) is 0. The molecule has 11 heteroatoms. The summed E-state index contributed by atoms with van der Waals surface area (Å²) in [6.45, 7) is 6.73. The van der Waals surface area contributed by atoms with Gasteiger partial charge in [0.2, 0.25) is 11.7 Å². The number of carbonyl (C=O) groups is 4. The summed E-state index contributed by atoms with van der Waals surface area (Å²) in [5.41, 5.74) is 1.00. The SMILES string of the molecule is CC(C)(C)OC(=O)N1CCC[C@H](C(=O)NC(CCCCNC(=O)OCc2ccccc2)C(=O)c2nc3ccccc3s2)C1. The van der Waals surface area contributed by atoms with Crippen molar-refractivity contribution in [1.82, 2.24) is 20.5 Å². The van der Waals surface area contributed by atoms with E-state index in [1.807, 2.05) is 54.6 Å². The lowest BCUT2D eigenvalue weighted by molar-refractivity contribution is -0.127. The monoisotopic (exact) mass is 608 g/mol. The summed E-state index contributed by atoms with van der Waals surface area (Å²) in [4.78, 5) is 57.8. The number of fused-ring (bicyclic) bond motifs is 1. The predicted molar refractivity (Wildman–Crippen MR) is 165 cm³/mol. The Morgan fingerprint density at radius 2 is 1.79 bits per heavy atom. The highest BCUT2D eigenvalue weighted by Crippen LogP contribution is 2.24. The molecule has 3 amide bonds. The van der Waals surface area contributed by atoms with Crippen molar-refractivity contribution in [2.75, 3.05) is 19.6 Å². The number of amides is 3. The van der Waals surface area contributed by atoms with Gasteiger partial charge in [-0.05, 0) is 70.6 Å². The van der Waals surface area contributed by atoms with E-state index in [1.165, 1.54) is 11.3 Å². The topological polar surface area (TPSA) is 127 Å². The maximum absolute atomic E-state index is 13.6. The highest BCUT2D eigenvalue weighted by atomic mass is 32.1. The molecule has 1 aliphatic heterocycles. The Balaban J connectivity index is 1.33. The van der Waals surface area contributed by atoms with Crippen LogP contribution in [0, 0.1) is 5.92 Å². The minimum absolute atomic E-state index is 0.184. The molecule has 1 aromatic heterocycles. The van der Waals surface area contributed by atoms with Crippen molar-refractivity contribution in [3.05, 3.63) is 65.2 Å². The summed E-state index contributed by atoms with van der Waals surface area (Å²) < 4.78 is 11.6. The lowest BCUT2D eigenvalue weighted by atomic mass is 9.96. The standard InChI is InChI=1S/C32H40N4O6S/c1-32(2,3)42-31(40)36-19-11-14-23(20-36)28(38)34-25(27(37)29-35-24-15-7-8-17-26(24)43-29)16-9-10-18-33-30(39)41-21-22-12-5-4-6-13-22/h4-8,12-13,15,17,23,25H,9-11,14,16,18-21H2,1-3H3,(H,33,39)(H,34,38)/t23-,25?/m0/s1. The van der Waals surface area contributed by atoms with Crippen molar-refractivity contribution in [3.63, 3.8) is 0 Å². The minimum atomic E-state index is -0.782. The fourth-order valence-corrected chi connectivity index (χ4v) is 5.77. The number of hydrogen-bond acceptors (Lipinski definition) is 8. The molecule has 3 aromatic rings. The second kappa shape index (κ2) is 15.0. The normalized spacial score (nSPS) is 15.9. The van der Waals surface area contributed by atoms with Gasteiger partial charge in [0.1, 0.15) is 12.2 Å². The van der Waals surface area contributed by atoms with Crippen LogP contribution in [0.15, 0.2) is 54.6 Å². The van der Waals surface area contributed by atoms with Gasteiger partial charge < -0.3 is 25.0 Å². The van der Waals surface area contributed by atoms with E-state index in [4.69, 9.17) is 9.47 Å². The largest absolute Gasteiger partial charge is 0.445 e. The number of nitrogens with zero attached hydrogens (tertiary/aromatic N) is 2. The number of ether oxygens (including phenoxy) is 2. The van der Waals surface area contributed by atoms with E-state index in [-0.39, 0.29) is 24.8 Å². The Morgan fingerprint density at radius 1 is 1.05 bits per heavy atom. The van der Waals surface area contributed by atoms with Crippen molar-refractivity contribution in [2.24, 2.45) is 5.92 Å². The molecule has 1 aliphatic rings. The van der Waals surface area contributed by atoms with E-state index in [0.29, 0.717) is 50.2 Å². The smallest absolute Gasteiger partial charge is 0.410 e. The molecular weight excluding hydrogens is 568 g/mol. The number of nitrogens with one attached hydrogen (secondary N) is 2. The Labute approximate surface area is 256 Å². The van der Waals surface area contributed by atoms with Crippen LogP contribution in [0.25, 0.3) is 10.2 Å². The third-order valence-corrected chi connectivity index (χ3v) is 8.03. The molecule has 2 N–H and O–H groups in total. The molecule has 43 heavy (non-hydrogen) atoms. The number of rotatable bonds is 11. The molecule has 0 spiro atoms. The number of carbonyl (C=O) groups excluding carboxylic acids is 4. The molecule has 0 aliphatic carbocycles. The van der Waals surface area contributed by atoms with Gasteiger partial charge in [0, 0.05) is 19.6 Å². The van der Waals surface area contributed by atoms with Crippen LogP contribution >= 0.6 is 11.3 Å². The van der Waals surface area contributed by atoms with Crippen LogP contribution in [0.1, 0.15) is 68.2 Å². The van der Waals surface area contributed by atoms with Crippen LogP contribution in [-0.2, 0) is 20.9 Å². The van der Waals surface area contributed by atoms with E-state index in [1.54, 1.807) is 25.7 Å². The van der Waals surface area contributed by atoms with E-state index in [2.05, 4.69) is 15.6 Å². The first-order valence-corrected chi connectivity index (χ1v) is 15.5. The molecule has 2 aromatic carbocycles. The Morgan fingerprint density at radius 3 is 2.53 bits per heavy atom. The van der Waals surface area contributed by atoms with Gasteiger partial charge in [-0.2, -0.15) is 0 Å². The van der Waals surface area contributed by atoms with Crippen LogP contribution < -0.4 is 10.6 Å². The zero-order valence-electron chi connectivity index (χ0n) is 25.0. The van der Waals surface area contributed by atoms with Crippen molar-refractivity contribution in [3.8, 4) is 0 Å². The number of para-hydroxylation sites is 1. The molecule has 1 fully saturated rings. The molecule has 0 saturated carbocycles. The van der Waals surface area contributed by atoms with Crippen LogP contribution in [-0.4, -0.2) is 65.0 Å². The molecular formula is C32H40N4O6S. The highest BCUT2D eigenvalue weighted by molar-refractivity contribution is 7.20. The van der Waals surface area contributed by atoms with Gasteiger partial charge in [0.15, 0.2) is 5.01 Å². The fourth-order valence-electron chi connectivity index (χ4n) is 4.81. The van der Waals surface area contributed by atoms with Crippen molar-refractivity contribution >= 4 is 45.4 Å². The van der Waals surface area contributed by atoms with Crippen LogP contribution in [0.3, 0.4) is 0 Å². The van der Waals surface area contributed by atoms with Gasteiger partial charge in [-0.15, -0.1) is 11.3 Å². The summed E-state index contributed by atoms with van der Waals surface area (Å²) >= 11 is 1.30. The van der Waals surface area contributed by atoms with E-state index in [9.17, 15) is 19.2 Å². The van der Waals surface area contributed by atoms with Gasteiger partial charge in [0.25, 0.3) is 0 Å². The maximum atomic E-state index is 13.6. The van der Waals surface area contributed by atoms with E-state index < -0.39 is 29.7 Å². The number of Topliss-reactive ketones (excluding diaryl/α,β-unsaturated/α-hetero) is 1. The maximum Gasteiger partial charge on any atom is 0.410 e. The fraction of sp³-hybridized carbons (Fsp3) is 0.469. The molecule has 0 bridgehead atoms. The van der Waals surface area contributed by atoms with Gasteiger partial charge in [0.05, 0.1) is 22.2 Å². The average molecular weight is 609 g/mol. The molecule has 0 radical (unpaired) electrons. The second-order valence-electron chi connectivity index (χ2n) is 11.7. The number of hydrogen-bond donors (Lipinski definition) is 2. The zero-order chi connectivity index (χ0) is 30.8. The second-order valence-corrected chi connectivity index (χ2v) is 12.7. The molecule has 1 unspecified atom stereocenters. The number of thiazole rings is 1. The lowest BCUT2D eigenvalue weighted by Gasteiger charge is -2.34. The summed E-state index contributed by atoms with van der Waals surface area (Å²) in [6, 6.07) is 16.2. The first-order valence-electron chi connectivity index (χ1n) is 14.7. The predicted octanol–water partition coefficient (Wildman–Crippen LogP) is 5.71. The quantitative estimate of drug-likeness (QED) is 0.211. The first-order chi connectivity index (χ1) is 20.6. The number of unbranched alkanes of at least 4 members (excludes halogenated alkanes) is 1. The van der Waals surface area contributed by atoms with Crippen molar-refractivity contribution in [2.45, 2.75) is 71.1 Å². The molecule has 4 rings (SSSR count). The molecule has 2 atom stereocenters. The summed E-state index contributed by atoms with van der Waals surface area (Å²) in [5, 5.41) is 6.04. The number of ketones is 1. The lowest BCUT2D eigenvalue weighted by Crippen LogP contribution is -2.50. The number of benzene rings is 2. The van der Waals surface area contributed by atoms with E-state index >= 15 is 0 Å². The number of piperidine rings is 1. The highest BCUT2D eigenvalue weighted by Gasteiger charge is 2.33. The van der Waals surface area contributed by atoms with Crippen molar-refractivity contribution in [1.29, 1.82) is 0 Å². The van der Waals surface area contributed by atoms with Gasteiger partial charge >= 0.3 is 12.2 Å². The molecule has 230 valence electrons. The summed E-state index contributed by atoms with van der Waals surface area (Å²) in [6.07, 6.45) is 1.88. The third-order valence-electron chi connectivity index (χ3n) is 6.98. The molecule has 1 saturated heterocycles. The molecule has 10 nitrogen and oxygen atoms in total. The van der Waals surface area contributed by atoms with Crippen LogP contribution in [0.2, 0.25) is 0 Å². The van der Waals surface area contributed by atoms with Gasteiger partial charge in [-0.1, -0.05) is 42.5 Å². The van der Waals surface area contributed by atoms with Crippen LogP contribution in [0.4, 0.5) is 9.59 Å². The first kappa shape index (κ1) is 31.9. The number of likely N-dealkylation sites (tertiary alicyclic amines) is 1. The average Bonchev–Trinajstić information content (AvgIpc) is 3.43. The Kier molecular flexibility index (Phi) is 11.1. The Hall–Kier alpha value is -3.99. The summed E-state index contributed by atoms with van der Waals surface area (Å²) in [5.74, 6) is -0.965. The van der Waals surface area contributed by atoms with Crippen LogP contribution in [0.5, 0.6) is 0 Å². The third kappa shape index (κ3) is 9.77. The minimum Gasteiger partial charge on any atom is -0.445 e. The Bertz CT molecular complexity index is 1370. The van der Waals surface area contributed by atoms with Gasteiger partial charge in [-0.3, -0.25) is 9.59 Å². The number of alkyl carbamates (subject to hydrolysis) is 1. The van der Waals surface area contributed by atoms with Gasteiger partial charge in [-0.25, -0.2) is 14.6 Å².